The molecule has 0 saturated heterocycles. The van der Waals surface area contributed by atoms with E-state index in [2.05, 4.69) is 35.9 Å². The highest BCUT2D eigenvalue weighted by molar-refractivity contribution is 5.75. The molecule has 0 fully saturated rings. The summed E-state index contributed by atoms with van der Waals surface area (Å²) >= 11 is 0. The van der Waals surface area contributed by atoms with Gasteiger partial charge in [0.2, 0.25) is 0 Å². The van der Waals surface area contributed by atoms with E-state index < -0.39 is 12.0 Å². The summed E-state index contributed by atoms with van der Waals surface area (Å²) in [6.07, 6.45) is 0.449. The smallest absolute Gasteiger partial charge is 0.322 e. The van der Waals surface area contributed by atoms with E-state index in [1.807, 2.05) is 24.3 Å². The maximum atomic E-state index is 11.3. The Bertz CT molecular complexity index is 605. The van der Waals surface area contributed by atoms with Gasteiger partial charge in [-0.25, -0.2) is 0 Å². The number of esters is 1. The average molecular weight is 299 g/mol. The largest absolute Gasteiger partial charge is 0.489 e. The van der Waals surface area contributed by atoms with Gasteiger partial charge in [-0.15, -0.1) is 0 Å². The molecule has 22 heavy (non-hydrogen) atoms. The Balaban J connectivity index is 1.89. The Morgan fingerprint density at radius 3 is 2.23 bits per heavy atom. The van der Waals surface area contributed by atoms with Gasteiger partial charge in [0.15, 0.2) is 0 Å². The number of hydrogen-bond donors (Lipinski definition) is 1. The van der Waals surface area contributed by atoms with Crippen molar-refractivity contribution in [3.05, 3.63) is 65.2 Å². The second-order valence-electron chi connectivity index (χ2n) is 5.25. The molecule has 0 heterocycles. The molecule has 0 unspecified atom stereocenters. The molecule has 0 saturated carbocycles. The first kappa shape index (κ1) is 16.0. The second-order valence-corrected chi connectivity index (χ2v) is 5.25. The number of carbonyl (C=O) groups excluding carboxylic acids is 1. The molecule has 116 valence electrons. The number of methoxy groups -OCH3 is 1. The molecule has 2 N–H and O–H groups in total. The number of ether oxygens (including phenoxy) is 2. The monoisotopic (exact) mass is 299 g/mol. The minimum Gasteiger partial charge on any atom is -0.489 e. The van der Waals surface area contributed by atoms with Crippen molar-refractivity contribution >= 4 is 5.97 Å². The zero-order valence-corrected chi connectivity index (χ0v) is 12.9. The summed E-state index contributed by atoms with van der Waals surface area (Å²) in [5.41, 5.74) is 9.07. The molecule has 2 aromatic carbocycles. The minimum atomic E-state index is -0.635. The van der Waals surface area contributed by atoms with Gasteiger partial charge in [-0.3, -0.25) is 4.79 Å². The molecule has 0 aliphatic heterocycles. The van der Waals surface area contributed by atoms with Crippen molar-refractivity contribution in [2.24, 2.45) is 5.73 Å². The molecule has 0 radical (unpaired) electrons. The van der Waals surface area contributed by atoms with Crippen LogP contribution in [0.3, 0.4) is 0 Å². The summed E-state index contributed by atoms with van der Waals surface area (Å²) in [5, 5.41) is 0. The van der Waals surface area contributed by atoms with E-state index in [0.29, 0.717) is 13.0 Å². The molecule has 1 atom stereocenters. The third-order valence-electron chi connectivity index (χ3n) is 3.41. The van der Waals surface area contributed by atoms with Crippen LogP contribution in [0.1, 0.15) is 16.7 Å². The van der Waals surface area contributed by atoms with E-state index in [4.69, 9.17) is 10.5 Å². The van der Waals surface area contributed by atoms with E-state index in [1.54, 1.807) is 0 Å². The highest BCUT2D eigenvalue weighted by atomic mass is 16.5. The third-order valence-corrected chi connectivity index (χ3v) is 3.41. The number of nitrogens with two attached hydrogens (primary N) is 1. The molecule has 0 bridgehead atoms. The van der Waals surface area contributed by atoms with Crippen molar-refractivity contribution in [3.63, 3.8) is 0 Å². The Labute approximate surface area is 130 Å². The van der Waals surface area contributed by atoms with Crippen LogP contribution in [-0.4, -0.2) is 19.1 Å². The molecule has 0 amide bonds. The van der Waals surface area contributed by atoms with Crippen LogP contribution in [0.2, 0.25) is 0 Å². The Morgan fingerprint density at radius 1 is 1.05 bits per heavy atom. The van der Waals surface area contributed by atoms with Gasteiger partial charge in [-0.1, -0.05) is 42.0 Å². The predicted molar refractivity (Wildman–Crippen MR) is 85.6 cm³/mol. The number of carbonyl (C=O) groups is 1. The zero-order chi connectivity index (χ0) is 15.9. The SMILES string of the molecule is COC(=O)[C@@H](N)Cc1ccc(OCc2ccc(C)cc2)cc1. The van der Waals surface area contributed by atoms with Crippen LogP contribution in [0.5, 0.6) is 5.75 Å². The van der Waals surface area contributed by atoms with E-state index in [1.165, 1.54) is 12.7 Å². The lowest BCUT2D eigenvalue weighted by atomic mass is 10.1. The Kier molecular flexibility index (Phi) is 5.55. The summed E-state index contributed by atoms with van der Waals surface area (Å²) in [6.45, 7) is 2.59. The Hall–Kier alpha value is -2.33. The second kappa shape index (κ2) is 7.61. The first-order valence-electron chi connectivity index (χ1n) is 7.19. The highest BCUT2D eigenvalue weighted by Gasteiger charge is 2.13. The topological polar surface area (TPSA) is 61.5 Å². The molecule has 4 heteroatoms. The van der Waals surface area contributed by atoms with Crippen LogP contribution in [0.4, 0.5) is 0 Å². The van der Waals surface area contributed by atoms with Gasteiger partial charge < -0.3 is 15.2 Å². The van der Waals surface area contributed by atoms with Crippen LogP contribution in [0, 0.1) is 6.92 Å². The van der Waals surface area contributed by atoms with Crippen molar-refractivity contribution in [2.45, 2.75) is 26.0 Å². The fourth-order valence-electron chi connectivity index (χ4n) is 2.06. The van der Waals surface area contributed by atoms with Gasteiger partial charge >= 0.3 is 5.97 Å². The van der Waals surface area contributed by atoms with Gasteiger partial charge in [-0.05, 0) is 36.6 Å². The van der Waals surface area contributed by atoms with Crippen molar-refractivity contribution in [2.75, 3.05) is 7.11 Å². The van der Waals surface area contributed by atoms with Crippen LogP contribution >= 0.6 is 0 Å². The number of hydrogen-bond acceptors (Lipinski definition) is 4. The molecule has 4 nitrogen and oxygen atoms in total. The first-order chi connectivity index (χ1) is 10.6. The van der Waals surface area contributed by atoms with Crippen LogP contribution < -0.4 is 10.5 Å². The summed E-state index contributed by atoms with van der Waals surface area (Å²) in [7, 11) is 1.34. The molecule has 0 aliphatic rings. The zero-order valence-electron chi connectivity index (χ0n) is 12.9. The average Bonchev–Trinajstić information content (AvgIpc) is 2.55. The highest BCUT2D eigenvalue weighted by Crippen LogP contribution is 2.15. The van der Waals surface area contributed by atoms with Crippen LogP contribution in [-0.2, 0) is 22.6 Å². The fraction of sp³-hybridized carbons (Fsp3) is 0.278. The van der Waals surface area contributed by atoms with Crippen molar-refractivity contribution in [1.82, 2.24) is 0 Å². The van der Waals surface area contributed by atoms with Crippen molar-refractivity contribution in [3.8, 4) is 5.75 Å². The lowest BCUT2D eigenvalue weighted by molar-refractivity contribution is -0.142. The van der Waals surface area contributed by atoms with E-state index in [-0.39, 0.29) is 0 Å². The van der Waals surface area contributed by atoms with E-state index >= 15 is 0 Å². The lowest BCUT2D eigenvalue weighted by Gasteiger charge is -2.10. The first-order valence-corrected chi connectivity index (χ1v) is 7.19. The van der Waals surface area contributed by atoms with Crippen LogP contribution in [0.15, 0.2) is 48.5 Å². The molecule has 2 aromatic rings. The fourth-order valence-corrected chi connectivity index (χ4v) is 2.06. The Morgan fingerprint density at radius 2 is 1.64 bits per heavy atom. The van der Waals surface area contributed by atoms with Gasteiger partial charge in [-0.2, -0.15) is 0 Å². The van der Waals surface area contributed by atoms with Gasteiger partial charge in [0.25, 0.3) is 0 Å². The molecule has 0 aliphatic carbocycles. The summed E-state index contributed by atoms with van der Waals surface area (Å²) in [6, 6.07) is 15.2. The van der Waals surface area contributed by atoms with Crippen molar-refractivity contribution < 1.29 is 14.3 Å². The van der Waals surface area contributed by atoms with Crippen molar-refractivity contribution in [1.29, 1.82) is 0 Å². The maximum absolute atomic E-state index is 11.3. The number of benzene rings is 2. The lowest BCUT2D eigenvalue weighted by Crippen LogP contribution is -2.33. The summed E-state index contributed by atoms with van der Waals surface area (Å²) in [5.74, 6) is 0.385. The predicted octanol–water partition coefficient (Wildman–Crippen LogP) is 2.62. The maximum Gasteiger partial charge on any atom is 0.322 e. The van der Waals surface area contributed by atoms with Gasteiger partial charge in [0.05, 0.1) is 7.11 Å². The summed E-state index contributed by atoms with van der Waals surface area (Å²) < 4.78 is 10.4. The molecular weight excluding hydrogens is 278 g/mol. The van der Waals surface area contributed by atoms with E-state index in [0.717, 1.165) is 16.9 Å². The normalized spacial score (nSPS) is 11.8. The van der Waals surface area contributed by atoms with Gasteiger partial charge in [0, 0.05) is 0 Å². The molecular formula is C18H21NO3. The third kappa shape index (κ3) is 4.60. The molecule has 2 rings (SSSR count). The number of aryl methyl sites for hydroxylation is 1. The summed E-state index contributed by atoms with van der Waals surface area (Å²) in [4.78, 5) is 11.3. The van der Waals surface area contributed by atoms with E-state index in [9.17, 15) is 4.79 Å². The molecule has 0 aromatic heterocycles. The minimum absolute atomic E-state index is 0.403. The standard InChI is InChI=1S/C18H21NO3/c1-13-3-5-15(6-4-13)12-22-16-9-7-14(8-10-16)11-17(19)18(20)21-2/h3-10,17H,11-12,19H2,1-2H3/t17-/m0/s1. The number of rotatable bonds is 6. The van der Waals surface area contributed by atoms with Crippen LogP contribution in [0.25, 0.3) is 0 Å². The van der Waals surface area contributed by atoms with Gasteiger partial charge in [0.1, 0.15) is 18.4 Å². The quantitative estimate of drug-likeness (QED) is 0.833. The molecule has 0 spiro atoms.